The average molecular weight is 635 g/mol. The second kappa shape index (κ2) is 15.3. The molecule has 0 aromatic heterocycles. The minimum Gasteiger partial charge on any atom is -0.497 e. The Hall–Kier alpha value is -3.27. The molecule has 0 aliphatic heterocycles. The first-order valence-electron chi connectivity index (χ1n) is 13.8. The van der Waals surface area contributed by atoms with Crippen LogP contribution in [0.15, 0.2) is 71.6 Å². The predicted octanol–water partition coefficient (Wildman–Crippen LogP) is 6.23. The first kappa shape index (κ1) is 33.2. The van der Waals surface area contributed by atoms with Gasteiger partial charge in [-0.3, -0.25) is 13.9 Å². The number of nitrogens with one attached hydrogen (secondary N) is 1. The van der Waals surface area contributed by atoms with Gasteiger partial charge in [0.05, 0.1) is 17.7 Å². The number of carbonyl (C=O) groups is 2. The Morgan fingerprint density at radius 2 is 1.62 bits per heavy atom. The van der Waals surface area contributed by atoms with E-state index in [1.807, 2.05) is 13.8 Å². The van der Waals surface area contributed by atoms with Gasteiger partial charge >= 0.3 is 0 Å². The minimum absolute atomic E-state index is 0.0220. The fraction of sp³-hybridized carbons (Fsp3) is 0.355. The molecule has 8 nitrogen and oxygen atoms in total. The zero-order valence-electron chi connectivity index (χ0n) is 24.3. The quantitative estimate of drug-likeness (QED) is 0.212. The van der Waals surface area contributed by atoms with Gasteiger partial charge in [-0.25, -0.2) is 8.42 Å². The first-order chi connectivity index (χ1) is 20.0. The van der Waals surface area contributed by atoms with Crippen molar-refractivity contribution in [1.82, 2.24) is 10.2 Å². The number of nitrogens with zero attached hydrogens (tertiary/aromatic N) is 2. The summed E-state index contributed by atoms with van der Waals surface area (Å²) in [6.07, 6.45) is 1.96. The van der Waals surface area contributed by atoms with Crippen LogP contribution in [0.4, 0.5) is 5.69 Å². The molecule has 0 saturated carbocycles. The molecule has 0 fully saturated rings. The van der Waals surface area contributed by atoms with Crippen LogP contribution in [0, 0.1) is 6.92 Å². The number of carbonyl (C=O) groups excluding carboxylic acids is 2. The minimum atomic E-state index is -4.21. The lowest BCUT2D eigenvalue weighted by molar-refractivity contribution is -0.140. The Morgan fingerprint density at radius 3 is 2.21 bits per heavy atom. The highest BCUT2D eigenvalue weighted by Gasteiger charge is 2.34. The SMILES string of the molecule is CCCCNC(=O)[C@@H](CC)N(Cc1c(Cl)cccc1Cl)C(=O)CN(c1cccc(OC)c1)S(=O)(=O)c1ccc(C)cc1. The van der Waals surface area contributed by atoms with E-state index in [4.69, 9.17) is 27.9 Å². The van der Waals surface area contributed by atoms with Crippen LogP contribution in [-0.2, 0) is 26.2 Å². The van der Waals surface area contributed by atoms with Gasteiger partial charge < -0.3 is 15.0 Å². The van der Waals surface area contributed by atoms with Crippen LogP contribution >= 0.6 is 23.2 Å². The summed E-state index contributed by atoms with van der Waals surface area (Å²) in [4.78, 5) is 28.9. The van der Waals surface area contributed by atoms with Crippen molar-refractivity contribution in [2.24, 2.45) is 0 Å². The molecule has 3 aromatic rings. The first-order valence-corrected chi connectivity index (χ1v) is 16.0. The molecule has 0 aliphatic carbocycles. The molecule has 3 rings (SSSR count). The van der Waals surface area contributed by atoms with E-state index < -0.39 is 28.5 Å². The molecule has 0 spiro atoms. The number of unbranched alkanes of at least 4 members (excludes halogenated alkanes) is 1. The van der Waals surface area contributed by atoms with E-state index in [-0.39, 0.29) is 29.5 Å². The van der Waals surface area contributed by atoms with Crippen LogP contribution in [0.3, 0.4) is 0 Å². The number of ether oxygens (including phenoxy) is 1. The molecular formula is C31H37Cl2N3O5S. The van der Waals surface area contributed by atoms with Gasteiger partial charge in [0.15, 0.2) is 0 Å². The van der Waals surface area contributed by atoms with Crippen LogP contribution in [0.2, 0.25) is 10.0 Å². The number of halogens is 2. The molecule has 0 aliphatic rings. The molecule has 42 heavy (non-hydrogen) atoms. The molecule has 0 radical (unpaired) electrons. The average Bonchev–Trinajstić information content (AvgIpc) is 2.97. The number of rotatable bonds is 14. The van der Waals surface area contributed by atoms with Gasteiger partial charge in [0.1, 0.15) is 18.3 Å². The van der Waals surface area contributed by atoms with Crippen LogP contribution < -0.4 is 14.4 Å². The molecule has 226 valence electrons. The fourth-order valence-corrected chi connectivity index (χ4v) is 6.33. The molecule has 3 aromatic carbocycles. The van der Waals surface area contributed by atoms with Crippen molar-refractivity contribution in [3.8, 4) is 5.75 Å². The van der Waals surface area contributed by atoms with E-state index in [9.17, 15) is 18.0 Å². The maximum absolute atomic E-state index is 14.2. The van der Waals surface area contributed by atoms with Gasteiger partial charge in [-0.15, -0.1) is 0 Å². The summed E-state index contributed by atoms with van der Waals surface area (Å²) >= 11 is 12.9. The summed E-state index contributed by atoms with van der Waals surface area (Å²) in [5.74, 6) is -0.510. The number of hydrogen-bond donors (Lipinski definition) is 1. The number of anilines is 1. The second-order valence-corrected chi connectivity index (χ2v) is 12.5. The van der Waals surface area contributed by atoms with E-state index in [1.165, 1.54) is 24.1 Å². The van der Waals surface area contributed by atoms with Crippen molar-refractivity contribution < 1.29 is 22.7 Å². The summed E-state index contributed by atoms with van der Waals surface area (Å²) in [6, 6.07) is 16.9. The molecule has 1 atom stereocenters. The number of benzene rings is 3. The van der Waals surface area contributed by atoms with Crippen LogP contribution in [0.25, 0.3) is 0 Å². The fourth-order valence-electron chi connectivity index (χ4n) is 4.41. The van der Waals surface area contributed by atoms with Crippen molar-refractivity contribution in [2.45, 2.75) is 57.5 Å². The van der Waals surface area contributed by atoms with Crippen LogP contribution in [0.5, 0.6) is 5.75 Å². The molecule has 1 N–H and O–H groups in total. The molecule has 0 unspecified atom stereocenters. The maximum Gasteiger partial charge on any atom is 0.264 e. The zero-order valence-corrected chi connectivity index (χ0v) is 26.6. The van der Waals surface area contributed by atoms with Crippen molar-refractivity contribution in [3.05, 3.63) is 87.9 Å². The van der Waals surface area contributed by atoms with E-state index in [2.05, 4.69) is 5.32 Å². The zero-order chi connectivity index (χ0) is 30.9. The predicted molar refractivity (Wildman–Crippen MR) is 168 cm³/mol. The third-order valence-corrected chi connectivity index (χ3v) is 9.33. The summed E-state index contributed by atoms with van der Waals surface area (Å²) in [7, 11) is -2.73. The molecular weight excluding hydrogens is 597 g/mol. The van der Waals surface area contributed by atoms with E-state index in [0.29, 0.717) is 27.9 Å². The Bertz CT molecular complexity index is 1460. The normalized spacial score (nSPS) is 12.0. The highest BCUT2D eigenvalue weighted by molar-refractivity contribution is 7.92. The molecule has 0 bridgehead atoms. The summed E-state index contributed by atoms with van der Waals surface area (Å²) in [5, 5.41) is 3.56. The van der Waals surface area contributed by atoms with Crippen molar-refractivity contribution in [3.63, 3.8) is 0 Å². The topological polar surface area (TPSA) is 96.0 Å². The van der Waals surface area contributed by atoms with Gasteiger partial charge in [0, 0.05) is 34.8 Å². The number of amides is 2. The highest BCUT2D eigenvalue weighted by atomic mass is 35.5. The largest absolute Gasteiger partial charge is 0.497 e. The molecule has 11 heteroatoms. The van der Waals surface area contributed by atoms with Crippen molar-refractivity contribution in [1.29, 1.82) is 0 Å². The smallest absolute Gasteiger partial charge is 0.264 e. The lowest BCUT2D eigenvalue weighted by Gasteiger charge is -2.33. The third kappa shape index (κ3) is 8.18. The summed E-state index contributed by atoms with van der Waals surface area (Å²) in [5.41, 5.74) is 1.59. The van der Waals surface area contributed by atoms with E-state index >= 15 is 0 Å². The Balaban J connectivity index is 2.09. The Labute approximate surface area is 258 Å². The number of methoxy groups -OCH3 is 1. The van der Waals surface area contributed by atoms with Gasteiger partial charge in [-0.1, -0.05) is 73.3 Å². The lowest BCUT2D eigenvalue weighted by atomic mass is 10.1. The highest BCUT2D eigenvalue weighted by Crippen LogP contribution is 2.30. The number of sulfonamides is 1. The van der Waals surface area contributed by atoms with E-state index in [0.717, 1.165) is 22.7 Å². The number of hydrogen-bond acceptors (Lipinski definition) is 5. The molecule has 0 heterocycles. The van der Waals surface area contributed by atoms with Crippen molar-refractivity contribution >= 4 is 50.7 Å². The molecule has 0 saturated heterocycles. The van der Waals surface area contributed by atoms with Gasteiger partial charge in [-0.05, 0) is 56.2 Å². The van der Waals surface area contributed by atoms with Gasteiger partial charge in [0.25, 0.3) is 10.0 Å². The number of aryl methyl sites for hydroxylation is 1. The lowest BCUT2D eigenvalue weighted by Crippen LogP contribution is -2.52. The third-order valence-electron chi connectivity index (χ3n) is 6.83. The van der Waals surface area contributed by atoms with Crippen LogP contribution in [0.1, 0.15) is 44.2 Å². The van der Waals surface area contributed by atoms with Gasteiger partial charge in [0.2, 0.25) is 11.8 Å². The van der Waals surface area contributed by atoms with Crippen molar-refractivity contribution in [2.75, 3.05) is 24.5 Å². The Kier molecular flexibility index (Phi) is 12.1. The summed E-state index contributed by atoms with van der Waals surface area (Å²) in [6.45, 7) is 5.45. The molecule has 2 amide bonds. The van der Waals surface area contributed by atoms with E-state index in [1.54, 1.807) is 61.5 Å². The maximum atomic E-state index is 14.2. The standard InChI is InChI=1S/C31H37Cl2N3O5S/c1-5-7-18-34-31(38)29(6-2)35(20-26-27(32)12-9-13-28(26)33)30(37)21-36(23-10-8-11-24(19-23)41-4)42(39,40)25-16-14-22(3)15-17-25/h8-17,19,29H,5-7,18,20-21H2,1-4H3,(H,34,38)/t29-/m1/s1. The van der Waals surface area contributed by atoms with Gasteiger partial charge in [-0.2, -0.15) is 0 Å². The monoisotopic (exact) mass is 633 g/mol. The second-order valence-electron chi connectivity index (χ2n) is 9.82. The summed E-state index contributed by atoms with van der Waals surface area (Å²) < 4.78 is 34.4. The van der Waals surface area contributed by atoms with Crippen LogP contribution in [-0.4, -0.2) is 51.4 Å². The Morgan fingerprint density at radius 1 is 0.976 bits per heavy atom.